The summed E-state index contributed by atoms with van der Waals surface area (Å²) in [4.78, 5) is 0. The average Bonchev–Trinajstić information content (AvgIpc) is 3.47. The van der Waals surface area contributed by atoms with Gasteiger partial charge in [-0.3, -0.25) is 0 Å². The first-order valence-corrected chi connectivity index (χ1v) is 24.2. The second-order valence-electron chi connectivity index (χ2n) is 17.1. The molecule has 0 unspecified atom stereocenters. The van der Waals surface area contributed by atoms with Crippen LogP contribution < -0.4 is 28.4 Å². The average molecular weight is 983 g/mol. The Morgan fingerprint density at radius 2 is 0.408 bits per heavy atom. The molecule has 76 heavy (non-hydrogen) atoms. The Kier molecular flexibility index (Phi) is 14.5. The zero-order valence-corrected chi connectivity index (χ0v) is 42.6. The SMILES string of the molecule is COc1c(C#CC#Cc2c(OC)c(C#Cc3cccc4ccccc34)c(OC)c(C#Cc3cccc4ccccc34)c2OC)c(OC)c(C#Cc2cccc3ccccc23)c(OC)c1C#Cc1cccc2ccccc12. The molecule has 10 aromatic carbocycles. The second kappa shape index (κ2) is 22.4. The van der Waals surface area contributed by atoms with Gasteiger partial charge in [-0.05, 0) is 91.0 Å². The monoisotopic (exact) mass is 982 g/mol. The standard InChI is InChI=1S/C70H46O6/c1-71-65-59(66(72-2)62(44-40-52-30-18-26-48-22-8-12-34-56(48)52)69(75-5)61(65)43-39-51-29-17-25-47-21-7-11-33-55(47)51)37-15-16-38-60-67(73-3)63(45-41-53-31-19-27-49-23-9-13-35-57(49)53)70(76-6)64(68(60)74-4)46-42-54-32-20-28-50-24-10-14-36-58(50)54/h7-14,17-36H,1-6H3. The van der Waals surface area contributed by atoms with Crippen molar-refractivity contribution < 1.29 is 28.4 Å². The molecule has 0 aliphatic carbocycles. The summed E-state index contributed by atoms with van der Waals surface area (Å²) in [5, 5.41) is 8.27. The maximum atomic E-state index is 6.19. The summed E-state index contributed by atoms with van der Waals surface area (Å²) >= 11 is 0. The molecule has 0 heterocycles. The van der Waals surface area contributed by atoms with Gasteiger partial charge in [0.15, 0.2) is 34.5 Å². The second-order valence-corrected chi connectivity index (χ2v) is 17.1. The van der Waals surface area contributed by atoms with Gasteiger partial charge in [0.1, 0.15) is 33.4 Å². The first-order chi connectivity index (χ1) is 37.5. The fraction of sp³-hybridized carbons (Fsp3) is 0.0857. The first-order valence-electron chi connectivity index (χ1n) is 24.2. The van der Waals surface area contributed by atoms with Gasteiger partial charge >= 0.3 is 0 Å². The Morgan fingerprint density at radius 1 is 0.211 bits per heavy atom. The van der Waals surface area contributed by atoms with E-state index in [4.69, 9.17) is 28.4 Å². The molecule has 0 aliphatic rings. The van der Waals surface area contributed by atoms with E-state index in [1.807, 2.05) is 121 Å². The molecule has 0 radical (unpaired) electrons. The van der Waals surface area contributed by atoms with Crippen molar-refractivity contribution >= 4 is 43.1 Å². The molecule has 0 amide bonds. The summed E-state index contributed by atoms with van der Waals surface area (Å²) in [7, 11) is 9.39. The fourth-order valence-electron chi connectivity index (χ4n) is 9.32. The Bertz CT molecular complexity index is 3800. The van der Waals surface area contributed by atoms with E-state index >= 15 is 0 Å². The number of ether oxygens (including phenoxy) is 6. The third-order valence-electron chi connectivity index (χ3n) is 12.8. The lowest BCUT2D eigenvalue weighted by atomic mass is 9.98. The van der Waals surface area contributed by atoms with Crippen molar-refractivity contribution in [1.29, 1.82) is 0 Å². The van der Waals surface area contributed by atoms with Gasteiger partial charge in [-0.2, -0.15) is 0 Å². The Labute approximate surface area is 443 Å². The zero-order valence-electron chi connectivity index (χ0n) is 42.6. The molecule has 0 N–H and O–H groups in total. The molecule has 0 fully saturated rings. The molecule has 10 aromatic rings. The van der Waals surface area contributed by atoms with Gasteiger partial charge in [-0.1, -0.05) is 193 Å². The minimum absolute atomic E-state index is 0.322. The van der Waals surface area contributed by atoms with E-state index in [1.165, 1.54) is 0 Å². The third kappa shape index (κ3) is 9.60. The Morgan fingerprint density at radius 3 is 0.632 bits per heavy atom. The molecule has 362 valence electrons. The van der Waals surface area contributed by atoms with Crippen LogP contribution in [0.15, 0.2) is 170 Å². The highest BCUT2D eigenvalue weighted by Crippen LogP contribution is 2.44. The van der Waals surface area contributed by atoms with Gasteiger partial charge in [0.05, 0.1) is 42.7 Å². The molecule has 10 rings (SSSR count). The van der Waals surface area contributed by atoms with Crippen molar-refractivity contribution in [3.05, 3.63) is 225 Å². The molecule has 0 atom stereocenters. The van der Waals surface area contributed by atoms with Crippen molar-refractivity contribution in [3.8, 4) is 106 Å². The van der Waals surface area contributed by atoms with Crippen LogP contribution in [0.2, 0.25) is 0 Å². The van der Waals surface area contributed by atoms with Crippen LogP contribution in [0, 0.1) is 71.0 Å². The van der Waals surface area contributed by atoms with Crippen LogP contribution in [-0.4, -0.2) is 42.7 Å². The van der Waals surface area contributed by atoms with Crippen molar-refractivity contribution in [2.24, 2.45) is 0 Å². The largest absolute Gasteiger partial charge is 0.494 e. The number of hydrogen-bond acceptors (Lipinski definition) is 6. The smallest absolute Gasteiger partial charge is 0.157 e. The lowest BCUT2D eigenvalue weighted by molar-refractivity contribution is 0.370. The number of benzene rings is 10. The highest BCUT2D eigenvalue weighted by molar-refractivity contribution is 5.92. The van der Waals surface area contributed by atoms with Crippen molar-refractivity contribution in [3.63, 3.8) is 0 Å². The van der Waals surface area contributed by atoms with Crippen LogP contribution in [0.25, 0.3) is 43.1 Å². The molecule has 0 bridgehead atoms. The van der Waals surface area contributed by atoms with Crippen LogP contribution in [0.5, 0.6) is 34.5 Å². The summed E-state index contributed by atoms with van der Waals surface area (Å²) in [6.45, 7) is 0. The van der Waals surface area contributed by atoms with E-state index in [0.29, 0.717) is 67.9 Å². The summed E-state index contributed by atoms with van der Waals surface area (Å²) < 4.78 is 37.1. The number of methoxy groups -OCH3 is 6. The van der Waals surface area contributed by atoms with Crippen LogP contribution in [0.3, 0.4) is 0 Å². The topological polar surface area (TPSA) is 55.4 Å². The van der Waals surface area contributed by atoms with E-state index < -0.39 is 0 Å². The van der Waals surface area contributed by atoms with Crippen molar-refractivity contribution in [1.82, 2.24) is 0 Å². The predicted octanol–water partition coefficient (Wildman–Crippen LogP) is 13.4. The van der Waals surface area contributed by atoms with E-state index in [9.17, 15) is 0 Å². The number of hydrogen-bond donors (Lipinski definition) is 0. The van der Waals surface area contributed by atoms with E-state index in [-0.39, 0.29) is 0 Å². The molecule has 0 saturated heterocycles. The normalized spacial score (nSPS) is 10.1. The van der Waals surface area contributed by atoms with Crippen molar-refractivity contribution in [2.75, 3.05) is 42.7 Å². The zero-order chi connectivity index (χ0) is 52.4. The van der Waals surface area contributed by atoms with Crippen LogP contribution >= 0.6 is 0 Å². The van der Waals surface area contributed by atoms with E-state index in [2.05, 4.69) is 120 Å². The van der Waals surface area contributed by atoms with Gasteiger partial charge in [0.25, 0.3) is 0 Å². The van der Waals surface area contributed by atoms with E-state index in [0.717, 1.165) is 65.3 Å². The van der Waals surface area contributed by atoms with Crippen LogP contribution in [0.4, 0.5) is 0 Å². The molecule has 0 aromatic heterocycles. The minimum atomic E-state index is 0.322. The summed E-state index contributed by atoms with van der Waals surface area (Å²) in [6.07, 6.45) is 0. The van der Waals surface area contributed by atoms with Gasteiger partial charge in [-0.25, -0.2) is 0 Å². The van der Waals surface area contributed by atoms with E-state index in [1.54, 1.807) is 42.7 Å². The van der Waals surface area contributed by atoms with Gasteiger partial charge in [0.2, 0.25) is 0 Å². The van der Waals surface area contributed by atoms with Gasteiger partial charge < -0.3 is 28.4 Å². The maximum Gasteiger partial charge on any atom is 0.157 e. The summed E-state index contributed by atoms with van der Waals surface area (Å²) in [5.74, 6) is 41.9. The molecular formula is C70H46O6. The molecule has 0 aliphatic heterocycles. The number of rotatable bonds is 6. The Hall–Kier alpha value is -10.6. The highest BCUT2D eigenvalue weighted by Gasteiger charge is 2.26. The van der Waals surface area contributed by atoms with Crippen LogP contribution in [0.1, 0.15) is 55.6 Å². The third-order valence-corrected chi connectivity index (χ3v) is 12.8. The van der Waals surface area contributed by atoms with Gasteiger partial charge in [0, 0.05) is 22.3 Å². The first kappa shape index (κ1) is 49.0. The van der Waals surface area contributed by atoms with Crippen molar-refractivity contribution in [2.45, 2.75) is 0 Å². The summed E-state index contributed by atoms with van der Waals surface area (Å²) in [6, 6.07) is 56.5. The molecule has 6 heteroatoms. The molecule has 0 saturated carbocycles. The summed E-state index contributed by atoms with van der Waals surface area (Å²) in [5.41, 5.74) is 5.74. The number of fused-ring (bicyclic) bond motifs is 4. The highest BCUT2D eigenvalue weighted by atomic mass is 16.5. The van der Waals surface area contributed by atoms with Crippen LogP contribution in [-0.2, 0) is 0 Å². The lowest BCUT2D eigenvalue weighted by Crippen LogP contribution is -2.04. The molecule has 6 nitrogen and oxygen atoms in total. The van der Waals surface area contributed by atoms with Gasteiger partial charge in [-0.15, -0.1) is 0 Å². The molecular weight excluding hydrogens is 937 g/mol. The fourth-order valence-corrected chi connectivity index (χ4v) is 9.32. The molecule has 0 spiro atoms. The Balaban J connectivity index is 1.19. The quantitative estimate of drug-likeness (QED) is 0.155. The lowest BCUT2D eigenvalue weighted by Gasteiger charge is -2.17. The maximum absolute atomic E-state index is 6.19. The predicted molar refractivity (Wildman–Crippen MR) is 306 cm³/mol. The minimum Gasteiger partial charge on any atom is -0.494 e.